The second-order valence-corrected chi connectivity index (χ2v) is 5.00. The molecule has 0 unspecified atom stereocenters. The molecule has 0 radical (unpaired) electrons. The van der Waals surface area contributed by atoms with Gasteiger partial charge in [-0.15, -0.1) is 11.1 Å². The van der Waals surface area contributed by atoms with E-state index in [4.69, 9.17) is 10.1 Å². The van der Waals surface area contributed by atoms with Gasteiger partial charge in [0, 0.05) is 7.11 Å². The summed E-state index contributed by atoms with van der Waals surface area (Å²) >= 11 is 0. The van der Waals surface area contributed by atoms with Crippen molar-refractivity contribution in [2.45, 2.75) is 57.7 Å². The van der Waals surface area contributed by atoms with E-state index < -0.39 is 0 Å². The van der Waals surface area contributed by atoms with Crippen molar-refractivity contribution in [1.82, 2.24) is 0 Å². The molecule has 3 heteroatoms. The maximum absolute atomic E-state index is 5.40. The first-order valence-electron chi connectivity index (χ1n) is 4.61. The Morgan fingerprint density at radius 3 is 1.77 bits per heavy atom. The number of piperidine rings is 1. The number of hydrogen-bond acceptors (Lipinski definition) is 1. The zero-order chi connectivity index (χ0) is 9.41. The minimum absolute atomic E-state index is 0. The fraction of sp³-hybridized carbons (Fsp3) is 1.00. The van der Waals surface area contributed by atoms with Gasteiger partial charge < -0.3 is 10.1 Å². The topological polar surface area (TPSA) is 23.3 Å². The monoisotopic (exact) mass is 177 g/mol. The van der Waals surface area contributed by atoms with Crippen LogP contribution in [0.15, 0.2) is 0 Å². The van der Waals surface area contributed by atoms with Crippen molar-refractivity contribution in [2.24, 2.45) is 0 Å². The van der Waals surface area contributed by atoms with Gasteiger partial charge in [0.15, 0.2) is 0 Å². The maximum Gasteiger partial charge on any atom is 1.00 e. The molecule has 0 aromatic rings. The van der Waals surface area contributed by atoms with E-state index in [0.717, 1.165) is 12.8 Å². The van der Waals surface area contributed by atoms with Crippen LogP contribution < -0.4 is 18.9 Å². The first-order chi connectivity index (χ1) is 5.35. The summed E-state index contributed by atoms with van der Waals surface area (Å²) in [6.07, 6.45) is 2.48. The van der Waals surface area contributed by atoms with Crippen LogP contribution in [0, 0.1) is 0 Å². The summed E-state index contributed by atoms with van der Waals surface area (Å²) in [5.74, 6) is 0. The standard InChI is InChI=1S/C10H20NO.Li/c1-9(2)6-8(12-5)7-10(3,4)11-9;/h8H,6-7H2,1-5H3;/q-1;+1. The van der Waals surface area contributed by atoms with Crippen molar-refractivity contribution in [3.8, 4) is 0 Å². The largest absolute Gasteiger partial charge is 1.00 e. The molecule has 1 aliphatic rings. The quantitative estimate of drug-likeness (QED) is 0.506. The average Bonchev–Trinajstić information content (AvgIpc) is 1.80. The molecule has 1 rings (SSSR count). The van der Waals surface area contributed by atoms with Gasteiger partial charge in [0.1, 0.15) is 0 Å². The predicted molar refractivity (Wildman–Crippen MR) is 51.5 cm³/mol. The van der Waals surface area contributed by atoms with Crippen molar-refractivity contribution in [3.05, 3.63) is 5.32 Å². The molecule has 0 aliphatic carbocycles. The first-order valence-corrected chi connectivity index (χ1v) is 4.61. The fourth-order valence-corrected chi connectivity index (χ4v) is 2.26. The molecule has 0 aromatic heterocycles. The summed E-state index contributed by atoms with van der Waals surface area (Å²) in [5, 5.41) is 4.76. The average molecular weight is 177 g/mol. The molecule has 1 fully saturated rings. The normalized spacial score (nSPS) is 26.5. The fourth-order valence-electron chi connectivity index (χ4n) is 2.26. The molecular weight excluding hydrogens is 157 g/mol. The Morgan fingerprint density at radius 2 is 1.46 bits per heavy atom. The van der Waals surface area contributed by atoms with Crippen molar-refractivity contribution >= 4 is 0 Å². The first kappa shape index (κ1) is 13.5. The number of hydrogen-bond donors (Lipinski definition) is 0. The Labute approximate surface area is 94.0 Å². The van der Waals surface area contributed by atoms with Crippen LogP contribution in [-0.2, 0) is 4.74 Å². The van der Waals surface area contributed by atoms with Crippen molar-refractivity contribution in [2.75, 3.05) is 7.11 Å². The smallest absolute Gasteiger partial charge is 0.652 e. The molecule has 13 heavy (non-hydrogen) atoms. The zero-order valence-electron chi connectivity index (χ0n) is 9.85. The third-order valence-corrected chi connectivity index (χ3v) is 2.39. The van der Waals surface area contributed by atoms with Gasteiger partial charge in [-0.3, -0.25) is 0 Å². The van der Waals surface area contributed by atoms with Gasteiger partial charge in [0.2, 0.25) is 0 Å². The molecule has 0 spiro atoms. The molecule has 1 saturated heterocycles. The molecule has 0 amide bonds. The molecule has 72 valence electrons. The van der Waals surface area contributed by atoms with Crippen molar-refractivity contribution < 1.29 is 23.6 Å². The Bertz CT molecular complexity index is 152. The number of nitrogens with zero attached hydrogens (tertiary/aromatic N) is 1. The van der Waals surface area contributed by atoms with Crippen LogP contribution in [0.2, 0.25) is 0 Å². The molecule has 2 nitrogen and oxygen atoms in total. The number of rotatable bonds is 1. The van der Waals surface area contributed by atoms with E-state index >= 15 is 0 Å². The van der Waals surface area contributed by atoms with Gasteiger partial charge in [-0.2, -0.15) is 0 Å². The third kappa shape index (κ3) is 4.04. The van der Waals surface area contributed by atoms with E-state index in [9.17, 15) is 0 Å². The summed E-state index contributed by atoms with van der Waals surface area (Å²) in [5.41, 5.74) is 0.171. The van der Waals surface area contributed by atoms with Crippen LogP contribution >= 0.6 is 0 Å². The van der Waals surface area contributed by atoms with Crippen LogP contribution in [0.4, 0.5) is 0 Å². The van der Waals surface area contributed by atoms with E-state index in [0.29, 0.717) is 6.10 Å². The summed E-state index contributed by atoms with van der Waals surface area (Å²) in [6, 6.07) is 0. The molecule has 0 N–H and O–H groups in total. The van der Waals surface area contributed by atoms with E-state index in [1.165, 1.54) is 0 Å². The molecule has 1 heterocycles. The van der Waals surface area contributed by atoms with Crippen LogP contribution in [0.5, 0.6) is 0 Å². The molecular formula is C10H20LiNO. The Kier molecular flexibility index (Phi) is 4.53. The Balaban J connectivity index is 0.00000144. The van der Waals surface area contributed by atoms with Gasteiger partial charge in [-0.05, 0) is 12.8 Å². The van der Waals surface area contributed by atoms with Crippen LogP contribution in [0.25, 0.3) is 5.32 Å². The molecule has 0 atom stereocenters. The second-order valence-electron chi connectivity index (χ2n) is 5.00. The summed E-state index contributed by atoms with van der Waals surface area (Å²) < 4.78 is 5.40. The minimum atomic E-state index is 0. The molecule has 0 saturated carbocycles. The predicted octanol–water partition coefficient (Wildman–Crippen LogP) is -0.270. The van der Waals surface area contributed by atoms with Crippen LogP contribution in [-0.4, -0.2) is 24.3 Å². The van der Waals surface area contributed by atoms with Crippen molar-refractivity contribution in [1.29, 1.82) is 0 Å². The summed E-state index contributed by atoms with van der Waals surface area (Å²) in [6.45, 7) is 8.72. The van der Waals surface area contributed by atoms with Gasteiger partial charge in [0.25, 0.3) is 0 Å². The van der Waals surface area contributed by atoms with Crippen LogP contribution in [0.1, 0.15) is 40.5 Å². The minimum Gasteiger partial charge on any atom is -0.652 e. The van der Waals surface area contributed by atoms with Crippen LogP contribution in [0.3, 0.4) is 0 Å². The number of ether oxygens (including phenoxy) is 1. The molecule has 0 aromatic carbocycles. The van der Waals surface area contributed by atoms with E-state index in [2.05, 4.69) is 27.7 Å². The van der Waals surface area contributed by atoms with E-state index in [-0.39, 0.29) is 29.9 Å². The maximum atomic E-state index is 5.40. The van der Waals surface area contributed by atoms with E-state index in [1.807, 2.05) is 0 Å². The zero-order valence-corrected chi connectivity index (χ0v) is 9.85. The van der Waals surface area contributed by atoms with Gasteiger partial charge in [-0.25, -0.2) is 0 Å². The summed E-state index contributed by atoms with van der Waals surface area (Å²) in [7, 11) is 1.79. The molecule has 0 bridgehead atoms. The van der Waals surface area contributed by atoms with Gasteiger partial charge in [0.05, 0.1) is 6.10 Å². The third-order valence-electron chi connectivity index (χ3n) is 2.39. The van der Waals surface area contributed by atoms with Crippen molar-refractivity contribution in [3.63, 3.8) is 0 Å². The van der Waals surface area contributed by atoms with Gasteiger partial charge in [-0.1, -0.05) is 27.7 Å². The van der Waals surface area contributed by atoms with Gasteiger partial charge >= 0.3 is 18.9 Å². The SMILES string of the molecule is COC1CC(C)(C)[N-]C(C)(C)C1.[Li+]. The number of methoxy groups -OCH3 is 1. The summed E-state index contributed by atoms with van der Waals surface area (Å²) in [4.78, 5) is 0. The van der Waals surface area contributed by atoms with E-state index in [1.54, 1.807) is 7.11 Å². The second kappa shape index (κ2) is 4.36. The Morgan fingerprint density at radius 1 is 1.08 bits per heavy atom. The molecule has 1 aliphatic heterocycles. The Hall–Kier alpha value is 0.517.